The van der Waals surface area contributed by atoms with Gasteiger partial charge in [0, 0.05) is 25.7 Å². The van der Waals surface area contributed by atoms with E-state index in [1.54, 1.807) is 4.90 Å². The summed E-state index contributed by atoms with van der Waals surface area (Å²) >= 11 is 0. The molecule has 0 spiro atoms. The number of hydrogen-bond acceptors (Lipinski definition) is 2. The van der Waals surface area contributed by atoms with Crippen LogP contribution < -0.4 is 5.32 Å². The largest absolute Gasteiger partial charge is 0.329 e. The summed E-state index contributed by atoms with van der Waals surface area (Å²) in [5.74, 6) is 0.569. The minimum Gasteiger partial charge on any atom is -0.329 e. The molecule has 1 radical (unpaired) electrons. The summed E-state index contributed by atoms with van der Waals surface area (Å²) in [5.41, 5.74) is 0. The van der Waals surface area contributed by atoms with Crippen LogP contribution >= 0.6 is 0 Å². The van der Waals surface area contributed by atoms with Crippen molar-refractivity contribution >= 4 is 6.41 Å². The van der Waals surface area contributed by atoms with Gasteiger partial charge in [0.1, 0.15) is 0 Å². The van der Waals surface area contributed by atoms with Crippen molar-refractivity contribution in [3.05, 3.63) is 0 Å². The summed E-state index contributed by atoms with van der Waals surface area (Å²) in [5, 5.41) is 3.29. The van der Waals surface area contributed by atoms with E-state index in [2.05, 4.69) is 19.2 Å². The minimum atomic E-state index is 0.348. The van der Waals surface area contributed by atoms with Crippen LogP contribution in [0.4, 0.5) is 0 Å². The maximum atomic E-state index is 10.6. The van der Waals surface area contributed by atoms with Gasteiger partial charge in [-0.25, -0.2) is 0 Å². The molecule has 1 saturated heterocycles. The molecule has 1 aliphatic rings. The fourth-order valence-corrected chi connectivity index (χ4v) is 1.62. The zero-order chi connectivity index (χ0) is 8.97. The van der Waals surface area contributed by atoms with E-state index in [9.17, 15) is 4.79 Å². The molecule has 1 heterocycles. The molecule has 69 valence electrons. The molecule has 0 bridgehead atoms. The minimum absolute atomic E-state index is 0.348. The Hall–Kier alpha value is -0.570. The van der Waals surface area contributed by atoms with E-state index in [-0.39, 0.29) is 0 Å². The van der Waals surface area contributed by atoms with Gasteiger partial charge in [0.2, 0.25) is 0 Å². The van der Waals surface area contributed by atoms with Crippen molar-refractivity contribution in [3.63, 3.8) is 0 Å². The average Bonchev–Trinajstić information content (AvgIpc) is 2.16. The van der Waals surface area contributed by atoms with Gasteiger partial charge >= 0.3 is 6.41 Å². The molecule has 1 aliphatic heterocycles. The highest BCUT2D eigenvalue weighted by Gasteiger charge is 2.25. The van der Waals surface area contributed by atoms with Crippen molar-refractivity contribution in [1.29, 1.82) is 0 Å². The fraction of sp³-hybridized carbons (Fsp3) is 0.889. The third-order valence-corrected chi connectivity index (χ3v) is 2.70. The lowest BCUT2D eigenvalue weighted by atomic mass is 9.96. The molecular formula is C9H17N2O. The van der Waals surface area contributed by atoms with Gasteiger partial charge in [-0.15, -0.1) is 0 Å². The van der Waals surface area contributed by atoms with Gasteiger partial charge in [-0.3, -0.25) is 4.79 Å². The third-order valence-electron chi connectivity index (χ3n) is 2.70. The smallest absolute Gasteiger partial charge is 0.312 e. The maximum absolute atomic E-state index is 10.6. The third kappa shape index (κ3) is 1.97. The van der Waals surface area contributed by atoms with Crippen LogP contribution in [0, 0.1) is 5.92 Å². The molecule has 2 atom stereocenters. The zero-order valence-electron chi connectivity index (χ0n) is 7.84. The van der Waals surface area contributed by atoms with Crippen molar-refractivity contribution in [3.8, 4) is 0 Å². The molecule has 0 saturated carbocycles. The standard InChI is InChI=1S/C9H17N2O/c1-3-8(2)9-6-10-4-5-11(9)7-12/h8-10H,3-6H2,1-2H3. The Morgan fingerprint density at radius 3 is 3.08 bits per heavy atom. The van der Waals surface area contributed by atoms with Crippen molar-refractivity contribution in [1.82, 2.24) is 10.2 Å². The summed E-state index contributed by atoms with van der Waals surface area (Å²) in [6.07, 6.45) is 3.13. The van der Waals surface area contributed by atoms with Crippen LogP contribution in [0.15, 0.2) is 0 Å². The molecule has 0 aliphatic carbocycles. The molecule has 3 heteroatoms. The van der Waals surface area contributed by atoms with Crippen LogP contribution in [0.2, 0.25) is 0 Å². The molecule has 12 heavy (non-hydrogen) atoms. The summed E-state index contributed by atoms with van der Waals surface area (Å²) in [6, 6.07) is 0.348. The number of piperazine rings is 1. The SMILES string of the molecule is CCC(C)C1CNCCN1[C]=O. The summed E-state index contributed by atoms with van der Waals surface area (Å²) in [4.78, 5) is 12.4. The molecule has 0 aromatic rings. The van der Waals surface area contributed by atoms with Crippen molar-refractivity contribution < 1.29 is 4.79 Å². The highest BCUT2D eigenvalue weighted by Crippen LogP contribution is 2.14. The quantitative estimate of drug-likeness (QED) is 0.662. The molecule has 1 rings (SSSR count). The number of carbonyl (C=O) groups excluding carboxylic acids is 1. The monoisotopic (exact) mass is 169 g/mol. The Kier molecular flexibility index (Phi) is 3.53. The highest BCUT2D eigenvalue weighted by molar-refractivity contribution is 5.49. The molecule has 1 N–H and O–H groups in total. The van der Waals surface area contributed by atoms with E-state index in [0.29, 0.717) is 12.0 Å². The summed E-state index contributed by atoms with van der Waals surface area (Å²) in [6.45, 7) is 6.97. The van der Waals surface area contributed by atoms with Gasteiger partial charge < -0.3 is 10.2 Å². The number of nitrogens with one attached hydrogen (secondary N) is 1. The summed E-state index contributed by atoms with van der Waals surface area (Å²) in [7, 11) is 0. The first-order valence-corrected chi connectivity index (χ1v) is 4.64. The zero-order valence-corrected chi connectivity index (χ0v) is 7.84. The van der Waals surface area contributed by atoms with Gasteiger partial charge in [-0.05, 0) is 5.92 Å². The van der Waals surface area contributed by atoms with Crippen LogP contribution in [0.5, 0.6) is 0 Å². The Morgan fingerprint density at radius 1 is 1.75 bits per heavy atom. The van der Waals surface area contributed by atoms with Crippen LogP contribution in [0.25, 0.3) is 0 Å². The second kappa shape index (κ2) is 4.45. The molecule has 1 fully saturated rings. The van der Waals surface area contributed by atoms with Crippen LogP contribution in [-0.4, -0.2) is 37.0 Å². The van der Waals surface area contributed by atoms with E-state index in [0.717, 1.165) is 26.1 Å². The Bertz CT molecular complexity index is 149. The molecule has 3 nitrogen and oxygen atoms in total. The number of nitrogens with zero attached hydrogens (tertiary/aromatic N) is 1. The van der Waals surface area contributed by atoms with Gasteiger partial charge in [-0.2, -0.15) is 0 Å². The van der Waals surface area contributed by atoms with Gasteiger partial charge in [0.15, 0.2) is 0 Å². The normalized spacial score (nSPS) is 26.8. The van der Waals surface area contributed by atoms with E-state index < -0.39 is 0 Å². The van der Waals surface area contributed by atoms with Crippen molar-refractivity contribution in [2.24, 2.45) is 5.92 Å². The molecule has 1 amide bonds. The highest BCUT2D eigenvalue weighted by atomic mass is 16.1. The van der Waals surface area contributed by atoms with Crippen molar-refractivity contribution in [2.75, 3.05) is 19.6 Å². The lowest BCUT2D eigenvalue weighted by molar-refractivity contribution is 0.187. The first-order chi connectivity index (χ1) is 5.79. The Morgan fingerprint density at radius 2 is 2.50 bits per heavy atom. The first-order valence-electron chi connectivity index (χ1n) is 4.64. The summed E-state index contributed by atoms with van der Waals surface area (Å²) < 4.78 is 0. The number of amides is 1. The molecule has 2 unspecified atom stereocenters. The lowest BCUT2D eigenvalue weighted by Gasteiger charge is -2.36. The second-order valence-electron chi connectivity index (χ2n) is 3.44. The number of hydrogen-bond donors (Lipinski definition) is 1. The van der Waals surface area contributed by atoms with Crippen LogP contribution in [0.1, 0.15) is 20.3 Å². The molecule has 0 aromatic carbocycles. The first kappa shape index (κ1) is 9.52. The van der Waals surface area contributed by atoms with E-state index >= 15 is 0 Å². The van der Waals surface area contributed by atoms with Crippen molar-refractivity contribution in [2.45, 2.75) is 26.3 Å². The predicted octanol–water partition coefficient (Wildman–Crippen LogP) is 0.373. The topological polar surface area (TPSA) is 32.3 Å². The molecular weight excluding hydrogens is 152 g/mol. The average molecular weight is 169 g/mol. The number of rotatable bonds is 3. The van der Waals surface area contributed by atoms with E-state index in [1.165, 1.54) is 0 Å². The van der Waals surface area contributed by atoms with Gasteiger partial charge in [-0.1, -0.05) is 20.3 Å². The fourth-order valence-electron chi connectivity index (χ4n) is 1.62. The van der Waals surface area contributed by atoms with Gasteiger partial charge in [0.25, 0.3) is 0 Å². The Balaban J connectivity index is 2.51. The van der Waals surface area contributed by atoms with Crippen LogP contribution in [-0.2, 0) is 4.79 Å². The predicted molar refractivity (Wildman–Crippen MR) is 48.5 cm³/mol. The van der Waals surface area contributed by atoms with E-state index in [1.807, 2.05) is 6.41 Å². The lowest BCUT2D eigenvalue weighted by Crippen LogP contribution is -2.53. The van der Waals surface area contributed by atoms with E-state index in [4.69, 9.17) is 0 Å². The van der Waals surface area contributed by atoms with Gasteiger partial charge in [0.05, 0.1) is 0 Å². The van der Waals surface area contributed by atoms with Crippen LogP contribution in [0.3, 0.4) is 0 Å². The molecule has 0 aromatic heterocycles. The second-order valence-corrected chi connectivity index (χ2v) is 3.44. The Labute approximate surface area is 74.1 Å². The maximum Gasteiger partial charge on any atom is 0.312 e.